The van der Waals surface area contributed by atoms with Crippen LogP contribution < -0.4 is 10.2 Å². The molecule has 1 aromatic carbocycles. The van der Waals surface area contributed by atoms with Crippen LogP contribution in [0.1, 0.15) is 5.69 Å². The zero-order chi connectivity index (χ0) is 19.3. The summed E-state index contributed by atoms with van der Waals surface area (Å²) in [6.07, 6.45) is 4.58. The maximum absolute atomic E-state index is 12.3. The van der Waals surface area contributed by atoms with Gasteiger partial charge in [0.25, 0.3) is 0 Å². The van der Waals surface area contributed by atoms with Crippen LogP contribution in [0, 0.1) is 0 Å². The van der Waals surface area contributed by atoms with Gasteiger partial charge in [0.2, 0.25) is 15.9 Å². The highest BCUT2D eigenvalue weighted by Gasteiger charge is 2.19. The summed E-state index contributed by atoms with van der Waals surface area (Å²) in [5.74, 6) is -0.377. The van der Waals surface area contributed by atoms with Crippen molar-refractivity contribution < 1.29 is 13.2 Å². The van der Waals surface area contributed by atoms with Gasteiger partial charge < -0.3 is 10.2 Å². The van der Waals surface area contributed by atoms with Crippen molar-refractivity contribution in [3.05, 3.63) is 54.4 Å². The van der Waals surface area contributed by atoms with Crippen LogP contribution >= 0.6 is 0 Å². The number of nitrogens with one attached hydrogen (secondary N) is 1. The van der Waals surface area contributed by atoms with Crippen molar-refractivity contribution in [1.29, 1.82) is 0 Å². The highest BCUT2D eigenvalue weighted by molar-refractivity contribution is 7.89. The first-order valence-corrected chi connectivity index (χ1v) is 9.30. The summed E-state index contributed by atoms with van der Waals surface area (Å²) in [7, 11) is 2.95. The molecular formula is C18H22N4O3S. The number of nitrogens with zero attached hydrogens (tertiary/aromatic N) is 3. The standard InChI is InChI=1S/C18H22N4O3S/c1-21(2)17-10-9-15(26(24,25)22(3)4)13-16(17)20-18(23)11-8-14-7-5-6-12-19-14/h5-13H,1-4H3,(H,20,23). The van der Waals surface area contributed by atoms with Crippen LogP contribution in [0.15, 0.2) is 53.6 Å². The fourth-order valence-electron chi connectivity index (χ4n) is 2.19. The average Bonchev–Trinajstić information content (AvgIpc) is 2.60. The molecule has 8 heteroatoms. The largest absolute Gasteiger partial charge is 0.376 e. The molecule has 0 spiro atoms. The van der Waals surface area contributed by atoms with Crippen molar-refractivity contribution in [3.8, 4) is 0 Å². The molecule has 1 aromatic heterocycles. The Morgan fingerprint density at radius 2 is 1.85 bits per heavy atom. The zero-order valence-corrected chi connectivity index (χ0v) is 16.0. The summed E-state index contributed by atoms with van der Waals surface area (Å²) in [5, 5.41) is 2.74. The third-order valence-corrected chi connectivity index (χ3v) is 5.39. The molecule has 1 heterocycles. The summed E-state index contributed by atoms with van der Waals surface area (Å²) in [6.45, 7) is 0. The Morgan fingerprint density at radius 1 is 1.12 bits per heavy atom. The highest BCUT2D eigenvalue weighted by atomic mass is 32.2. The lowest BCUT2D eigenvalue weighted by Crippen LogP contribution is -2.23. The number of anilines is 2. The van der Waals surface area contributed by atoms with E-state index in [1.807, 2.05) is 20.2 Å². The molecule has 0 saturated carbocycles. The normalized spacial score (nSPS) is 11.7. The van der Waals surface area contributed by atoms with E-state index < -0.39 is 10.0 Å². The lowest BCUT2D eigenvalue weighted by molar-refractivity contribution is -0.111. The Kier molecular flexibility index (Phi) is 6.12. The van der Waals surface area contributed by atoms with Crippen molar-refractivity contribution in [2.75, 3.05) is 38.4 Å². The number of hydrogen-bond donors (Lipinski definition) is 1. The van der Waals surface area contributed by atoms with E-state index in [0.29, 0.717) is 17.1 Å². The third kappa shape index (κ3) is 4.68. The van der Waals surface area contributed by atoms with Gasteiger partial charge in [-0.25, -0.2) is 12.7 Å². The van der Waals surface area contributed by atoms with E-state index >= 15 is 0 Å². The topological polar surface area (TPSA) is 82.6 Å². The van der Waals surface area contributed by atoms with Crippen molar-refractivity contribution in [1.82, 2.24) is 9.29 Å². The minimum atomic E-state index is -3.60. The second-order valence-electron chi connectivity index (χ2n) is 5.94. The lowest BCUT2D eigenvalue weighted by atomic mass is 10.2. The van der Waals surface area contributed by atoms with E-state index in [4.69, 9.17) is 0 Å². The van der Waals surface area contributed by atoms with Crippen LogP contribution in [0.4, 0.5) is 11.4 Å². The first-order valence-electron chi connectivity index (χ1n) is 7.86. The van der Waals surface area contributed by atoms with E-state index in [0.717, 1.165) is 4.31 Å². The highest BCUT2D eigenvalue weighted by Crippen LogP contribution is 2.28. The zero-order valence-electron chi connectivity index (χ0n) is 15.2. The van der Waals surface area contributed by atoms with Crippen LogP contribution in [0.3, 0.4) is 0 Å². The molecule has 0 bridgehead atoms. The van der Waals surface area contributed by atoms with Crippen LogP contribution in [0.5, 0.6) is 0 Å². The molecule has 0 fully saturated rings. The number of carbonyl (C=O) groups excluding carboxylic acids is 1. The molecule has 0 saturated heterocycles. The number of carbonyl (C=O) groups is 1. The monoisotopic (exact) mass is 374 g/mol. The van der Waals surface area contributed by atoms with E-state index in [-0.39, 0.29) is 10.8 Å². The Labute approximate surface area is 154 Å². The minimum absolute atomic E-state index is 0.108. The first kappa shape index (κ1) is 19.6. The summed E-state index contributed by atoms with van der Waals surface area (Å²) in [4.78, 5) is 18.3. The maximum atomic E-state index is 12.3. The number of amides is 1. The molecular weight excluding hydrogens is 352 g/mol. The molecule has 138 valence electrons. The van der Waals surface area contributed by atoms with E-state index in [1.54, 1.807) is 35.4 Å². The molecule has 0 atom stereocenters. The van der Waals surface area contributed by atoms with Crippen molar-refractivity contribution in [2.24, 2.45) is 0 Å². The van der Waals surface area contributed by atoms with Gasteiger partial charge in [-0.2, -0.15) is 0 Å². The van der Waals surface area contributed by atoms with Crippen LogP contribution in [-0.4, -0.2) is 51.8 Å². The second-order valence-corrected chi connectivity index (χ2v) is 8.09. The molecule has 0 aliphatic carbocycles. The first-order chi connectivity index (χ1) is 12.2. The summed E-state index contributed by atoms with van der Waals surface area (Å²) < 4.78 is 25.8. The van der Waals surface area contributed by atoms with Gasteiger partial charge in [0.1, 0.15) is 0 Å². The molecule has 0 aliphatic heterocycles. The Morgan fingerprint density at radius 3 is 2.42 bits per heavy atom. The molecule has 1 amide bonds. The fraction of sp³-hybridized carbons (Fsp3) is 0.222. The Balaban J connectivity index is 2.31. The molecule has 0 aliphatic rings. The van der Waals surface area contributed by atoms with Gasteiger partial charge in [0, 0.05) is 40.5 Å². The molecule has 1 N–H and O–H groups in total. The number of sulfonamides is 1. The number of hydrogen-bond acceptors (Lipinski definition) is 5. The lowest BCUT2D eigenvalue weighted by Gasteiger charge is -2.19. The van der Waals surface area contributed by atoms with E-state index in [1.165, 1.54) is 32.3 Å². The van der Waals surface area contributed by atoms with Crippen molar-refractivity contribution in [3.63, 3.8) is 0 Å². The van der Waals surface area contributed by atoms with Gasteiger partial charge in [-0.15, -0.1) is 0 Å². The predicted octanol–water partition coefficient (Wildman–Crippen LogP) is 2.05. The molecule has 0 unspecified atom stereocenters. The second kappa shape index (κ2) is 8.11. The van der Waals surface area contributed by atoms with Crippen molar-refractivity contribution in [2.45, 2.75) is 4.90 Å². The molecule has 0 radical (unpaired) electrons. The van der Waals surface area contributed by atoms with Crippen LogP contribution in [0.25, 0.3) is 6.08 Å². The van der Waals surface area contributed by atoms with Gasteiger partial charge in [-0.05, 0) is 36.4 Å². The van der Waals surface area contributed by atoms with Crippen LogP contribution in [-0.2, 0) is 14.8 Å². The number of aromatic nitrogens is 1. The molecule has 2 aromatic rings. The van der Waals surface area contributed by atoms with Crippen molar-refractivity contribution >= 4 is 33.4 Å². The van der Waals surface area contributed by atoms with E-state index in [2.05, 4.69) is 10.3 Å². The van der Waals surface area contributed by atoms with Gasteiger partial charge in [0.05, 0.1) is 22.0 Å². The Bertz CT molecular complexity index is 907. The quantitative estimate of drug-likeness (QED) is 0.783. The summed E-state index contributed by atoms with van der Waals surface area (Å²) >= 11 is 0. The summed E-state index contributed by atoms with van der Waals surface area (Å²) in [5.41, 5.74) is 1.76. The van der Waals surface area contributed by atoms with Gasteiger partial charge in [-0.1, -0.05) is 6.07 Å². The number of benzene rings is 1. The average molecular weight is 374 g/mol. The van der Waals surface area contributed by atoms with Gasteiger partial charge in [0.15, 0.2) is 0 Å². The fourth-order valence-corrected chi connectivity index (χ4v) is 3.11. The third-order valence-electron chi connectivity index (χ3n) is 3.58. The predicted molar refractivity (Wildman–Crippen MR) is 104 cm³/mol. The number of rotatable bonds is 6. The molecule has 26 heavy (non-hydrogen) atoms. The number of pyridine rings is 1. The van der Waals surface area contributed by atoms with Crippen LogP contribution in [0.2, 0.25) is 0 Å². The van der Waals surface area contributed by atoms with Gasteiger partial charge >= 0.3 is 0 Å². The Hall–Kier alpha value is -2.71. The smallest absolute Gasteiger partial charge is 0.248 e. The van der Waals surface area contributed by atoms with E-state index in [9.17, 15) is 13.2 Å². The summed E-state index contributed by atoms with van der Waals surface area (Å²) in [6, 6.07) is 10.0. The molecule has 2 rings (SSSR count). The molecule has 7 nitrogen and oxygen atoms in total. The SMILES string of the molecule is CN(C)c1ccc(S(=O)(=O)N(C)C)cc1NC(=O)C=Cc1ccccn1. The maximum Gasteiger partial charge on any atom is 0.248 e. The minimum Gasteiger partial charge on any atom is -0.376 e. The van der Waals surface area contributed by atoms with Gasteiger partial charge in [-0.3, -0.25) is 9.78 Å².